The van der Waals surface area contributed by atoms with E-state index in [1.807, 2.05) is 30.3 Å². The highest BCUT2D eigenvalue weighted by Gasteiger charge is 2.57. The Morgan fingerprint density at radius 1 is 1.56 bits per heavy atom. The van der Waals surface area contributed by atoms with Crippen LogP contribution in [-0.2, 0) is 16.1 Å². The second kappa shape index (κ2) is 4.23. The van der Waals surface area contributed by atoms with Gasteiger partial charge < -0.3 is 15.8 Å². The Labute approximate surface area is 94.8 Å². The maximum absolute atomic E-state index is 11.8. The van der Waals surface area contributed by atoms with Gasteiger partial charge in [0.25, 0.3) is 0 Å². The van der Waals surface area contributed by atoms with Crippen LogP contribution in [0.3, 0.4) is 0 Å². The molecule has 1 saturated carbocycles. The first-order valence-electron chi connectivity index (χ1n) is 5.31. The number of carbonyl (C=O) groups is 1. The fourth-order valence-electron chi connectivity index (χ4n) is 1.72. The van der Waals surface area contributed by atoms with Gasteiger partial charge in [0, 0.05) is 20.1 Å². The molecule has 0 heterocycles. The average molecular weight is 220 g/mol. The average Bonchev–Trinajstić information content (AvgIpc) is 3.00. The fourth-order valence-corrected chi connectivity index (χ4v) is 1.72. The maximum Gasteiger partial charge on any atom is 0.243 e. The number of hydrogen-bond acceptors (Lipinski definition) is 3. The van der Waals surface area contributed by atoms with Gasteiger partial charge in [-0.3, -0.25) is 4.79 Å². The first-order valence-corrected chi connectivity index (χ1v) is 5.31. The van der Waals surface area contributed by atoms with Crippen molar-refractivity contribution in [3.05, 3.63) is 35.9 Å². The number of rotatable bonds is 4. The lowest BCUT2D eigenvalue weighted by Gasteiger charge is -2.11. The van der Waals surface area contributed by atoms with E-state index in [2.05, 4.69) is 5.32 Å². The van der Waals surface area contributed by atoms with Gasteiger partial charge in [0.2, 0.25) is 5.91 Å². The van der Waals surface area contributed by atoms with Crippen molar-refractivity contribution in [2.45, 2.75) is 24.6 Å². The van der Waals surface area contributed by atoms with Crippen LogP contribution < -0.4 is 11.1 Å². The molecule has 16 heavy (non-hydrogen) atoms. The van der Waals surface area contributed by atoms with Gasteiger partial charge in [0.15, 0.2) is 0 Å². The van der Waals surface area contributed by atoms with Gasteiger partial charge in [-0.2, -0.15) is 0 Å². The number of methoxy groups -OCH3 is 1. The minimum Gasteiger partial charge on any atom is -0.379 e. The summed E-state index contributed by atoms with van der Waals surface area (Å²) in [6, 6.07) is 9.75. The lowest BCUT2D eigenvalue weighted by atomic mass is 10.2. The van der Waals surface area contributed by atoms with Crippen LogP contribution in [0.1, 0.15) is 12.0 Å². The van der Waals surface area contributed by atoms with Crippen LogP contribution in [0.2, 0.25) is 0 Å². The molecule has 0 radical (unpaired) electrons. The monoisotopic (exact) mass is 220 g/mol. The number of amides is 1. The second-order valence-electron chi connectivity index (χ2n) is 4.14. The SMILES string of the molecule is COC1CC1(N)C(=O)NCc1ccccc1. The van der Waals surface area contributed by atoms with Crippen LogP contribution in [0, 0.1) is 0 Å². The van der Waals surface area contributed by atoms with Crippen LogP contribution in [0.15, 0.2) is 30.3 Å². The quantitative estimate of drug-likeness (QED) is 0.773. The van der Waals surface area contributed by atoms with Crippen molar-refractivity contribution in [3.8, 4) is 0 Å². The number of ether oxygens (including phenoxy) is 1. The molecule has 1 amide bonds. The van der Waals surface area contributed by atoms with E-state index < -0.39 is 5.54 Å². The van der Waals surface area contributed by atoms with Crippen LogP contribution in [0.5, 0.6) is 0 Å². The number of carbonyl (C=O) groups excluding carboxylic acids is 1. The summed E-state index contributed by atoms with van der Waals surface area (Å²) in [7, 11) is 1.57. The Balaban J connectivity index is 1.86. The lowest BCUT2D eigenvalue weighted by Crippen LogP contribution is -2.45. The zero-order valence-corrected chi connectivity index (χ0v) is 9.27. The summed E-state index contributed by atoms with van der Waals surface area (Å²) < 4.78 is 5.06. The molecule has 0 saturated heterocycles. The van der Waals surface area contributed by atoms with Crippen LogP contribution in [0.25, 0.3) is 0 Å². The van der Waals surface area contributed by atoms with Crippen LogP contribution in [-0.4, -0.2) is 24.7 Å². The molecule has 2 unspecified atom stereocenters. The number of benzene rings is 1. The van der Waals surface area contributed by atoms with Crippen molar-refractivity contribution in [1.82, 2.24) is 5.32 Å². The highest BCUT2D eigenvalue weighted by Crippen LogP contribution is 2.35. The molecule has 0 aliphatic heterocycles. The third-order valence-electron chi connectivity index (χ3n) is 2.94. The third-order valence-corrected chi connectivity index (χ3v) is 2.94. The minimum atomic E-state index is -0.816. The molecule has 0 bridgehead atoms. The first kappa shape index (κ1) is 11.1. The number of hydrogen-bond donors (Lipinski definition) is 2. The molecule has 1 aliphatic carbocycles. The van der Waals surface area contributed by atoms with Gasteiger partial charge in [-0.1, -0.05) is 30.3 Å². The molecule has 4 nitrogen and oxygen atoms in total. The van der Waals surface area contributed by atoms with E-state index >= 15 is 0 Å². The first-order chi connectivity index (χ1) is 7.66. The van der Waals surface area contributed by atoms with Gasteiger partial charge >= 0.3 is 0 Å². The zero-order chi connectivity index (χ0) is 11.6. The summed E-state index contributed by atoms with van der Waals surface area (Å²) in [6.07, 6.45) is 0.465. The molecule has 1 aromatic rings. The molecule has 0 spiro atoms. The van der Waals surface area contributed by atoms with Gasteiger partial charge in [-0.25, -0.2) is 0 Å². The van der Waals surface area contributed by atoms with Gasteiger partial charge in [-0.05, 0) is 5.56 Å². The largest absolute Gasteiger partial charge is 0.379 e. The van der Waals surface area contributed by atoms with Crippen molar-refractivity contribution >= 4 is 5.91 Å². The highest BCUT2D eigenvalue weighted by atomic mass is 16.5. The molecule has 1 aromatic carbocycles. The topological polar surface area (TPSA) is 64.3 Å². The predicted molar refractivity (Wildman–Crippen MR) is 60.6 cm³/mol. The zero-order valence-electron chi connectivity index (χ0n) is 9.27. The Morgan fingerprint density at radius 3 is 2.81 bits per heavy atom. The highest BCUT2D eigenvalue weighted by molar-refractivity contribution is 5.90. The molecule has 0 aromatic heterocycles. The molecule has 86 valence electrons. The molecule has 1 fully saturated rings. The van der Waals surface area contributed by atoms with Crippen molar-refractivity contribution in [1.29, 1.82) is 0 Å². The standard InChI is InChI=1S/C12H16N2O2/c1-16-10-7-12(10,13)11(15)14-8-9-5-3-2-4-6-9/h2-6,10H,7-8,13H2,1H3,(H,14,15). The van der Waals surface area contributed by atoms with Gasteiger partial charge in [0.05, 0.1) is 6.10 Å². The van der Waals surface area contributed by atoms with E-state index in [-0.39, 0.29) is 12.0 Å². The molecule has 1 aliphatic rings. The minimum absolute atomic E-state index is 0.136. The summed E-state index contributed by atoms with van der Waals surface area (Å²) in [5.74, 6) is -0.136. The summed E-state index contributed by atoms with van der Waals surface area (Å²) in [6.45, 7) is 0.509. The third kappa shape index (κ3) is 2.08. The van der Waals surface area contributed by atoms with Crippen molar-refractivity contribution in [2.75, 3.05) is 7.11 Å². The molecular formula is C12H16N2O2. The van der Waals surface area contributed by atoms with E-state index in [1.165, 1.54) is 0 Å². The predicted octanol–water partition coefficient (Wildman–Crippen LogP) is 0.419. The fraction of sp³-hybridized carbons (Fsp3) is 0.417. The summed E-state index contributed by atoms with van der Waals surface area (Å²) in [5, 5.41) is 2.82. The summed E-state index contributed by atoms with van der Waals surface area (Å²) >= 11 is 0. The molecular weight excluding hydrogens is 204 g/mol. The number of nitrogens with two attached hydrogens (primary N) is 1. The van der Waals surface area contributed by atoms with E-state index in [9.17, 15) is 4.79 Å². The summed E-state index contributed by atoms with van der Waals surface area (Å²) in [5.41, 5.74) is 6.12. The number of nitrogens with one attached hydrogen (secondary N) is 1. The maximum atomic E-state index is 11.8. The second-order valence-corrected chi connectivity index (χ2v) is 4.14. The van der Waals surface area contributed by atoms with Gasteiger partial charge in [-0.15, -0.1) is 0 Å². The normalized spacial score (nSPS) is 27.5. The van der Waals surface area contributed by atoms with Crippen molar-refractivity contribution in [3.63, 3.8) is 0 Å². The molecule has 2 atom stereocenters. The molecule has 2 rings (SSSR count). The van der Waals surface area contributed by atoms with E-state index in [0.29, 0.717) is 13.0 Å². The van der Waals surface area contributed by atoms with Crippen LogP contribution >= 0.6 is 0 Å². The van der Waals surface area contributed by atoms with Gasteiger partial charge in [0.1, 0.15) is 5.54 Å². The van der Waals surface area contributed by atoms with E-state index in [0.717, 1.165) is 5.56 Å². The van der Waals surface area contributed by atoms with E-state index in [1.54, 1.807) is 7.11 Å². The lowest BCUT2D eigenvalue weighted by molar-refractivity contribution is -0.124. The van der Waals surface area contributed by atoms with Crippen molar-refractivity contribution < 1.29 is 9.53 Å². The Kier molecular flexibility index (Phi) is 2.94. The Morgan fingerprint density at radius 2 is 2.25 bits per heavy atom. The van der Waals surface area contributed by atoms with E-state index in [4.69, 9.17) is 10.5 Å². The molecule has 4 heteroatoms. The Bertz CT molecular complexity index is 380. The molecule has 3 N–H and O–H groups in total. The van der Waals surface area contributed by atoms with Crippen molar-refractivity contribution in [2.24, 2.45) is 5.73 Å². The van der Waals surface area contributed by atoms with Crippen LogP contribution in [0.4, 0.5) is 0 Å². The smallest absolute Gasteiger partial charge is 0.243 e. The summed E-state index contributed by atoms with van der Waals surface area (Å²) in [4.78, 5) is 11.8. The Hall–Kier alpha value is -1.39.